The Balaban J connectivity index is 1.32. The predicted molar refractivity (Wildman–Crippen MR) is 200 cm³/mol. The van der Waals surface area contributed by atoms with E-state index in [4.69, 9.17) is 36.0 Å². The van der Waals surface area contributed by atoms with Crippen LogP contribution in [-0.4, -0.2) is 20.2 Å². The molecule has 0 aliphatic carbocycles. The molecular formula is C40H38O9P2. The second-order valence-corrected chi connectivity index (χ2v) is 14.7. The van der Waals surface area contributed by atoms with Crippen LogP contribution in [0.25, 0.3) is 21.9 Å². The van der Waals surface area contributed by atoms with E-state index in [1.165, 1.54) is 0 Å². The molecule has 0 saturated heterocycles. The van der Waals surface area contributed by atoms with Gasteiger partial charge in [0.2, 0.25) is 0 Å². The van der Waals surface area contributed by atoms with Gasteiger partial charge < -0.3 is 36.0 Å². The van der Waals surface area contributed by atoms with Crippen LogP contribution < -0.4 is 23.0 Å². The zero-order valence-electron chi connectivity index (χ0n) is 29.7. The Bertz CT molecular complexity index is 2310. The highest BCUT2D eigenvalue weighted by molar-refractivity contribution is 7.43. The number of carbonyl (C=O) groups is 1. The average Bonchev–Trinajstić information content (AvgIpc) is 3.25. The van der Waals surface area contributed by atoms with Crippen molar-refractivity contribution in [2.24, 2.45) is 0 Å². The molecule has 0 radical (unpaired) electrons. The fourth-order valence-corrected chi connectivity index (χ4v) is 8.88. The molecule has 7 rings (SSSR count). The van der Waals surface area contributed by atoms with E-state index in [9.17, 15) is 4.79 Å². The summed E-state index contributed by atoms with van der Waals surface area (Å²) in [5.74, 6) is 2.61. The van der Waals surface area contributed by atoms with Crippen LogP contribution in [-0.2, 0) is 10.9 Å². The Morgan fingerprint density at radius 2 is 1.14 bits per heavy atom. The van der Waals surface area contributed by atoms with Crippen molar-refractivity contribution in [2.75, 3.05) is 14.2 Å². The minimum Gasteiger partial charge on any atom is -0.497 e. The Morgan fingerprint density at radius 1 is 0.608 bits per heavy atom. The summed E-state index contributed by atoms with van der Waals surface area (Å²) in [6.45, 7) is 12.0. The number of aryl methyl sites for hydroxylation is 6. The molecule has 1 aliphatic rings. The molecule has 262 valence electrons. The molecular weight excluding hydrogens is 686 g/mol. The highest BCUT2D eigenvalue weighted by Crippen LogP contribution is 2.50. The summed E-state index contributed by atoms with van der Waals surface area (Å²) >= 11 is 0. The first kappa shape index (κ1) is 34.4. The molecule has 6 aromatic rings. The Kier molecular flexibility index (Phi) is 9.36. The first-order chi connectivity index (χ1) is 24.5. The van der Waals surface area contributed by atoms with Gasteiger partial charge in [0.05, 0.1) is 14.2 Å². The highest BCUT2D eigenvalue weighted by Gasteiger charge is 2.33. The van der Waals surface area contributed by atoms with Crippen molar-refractivity contribution in [1.29, 1.82) is 0 Å². The molecule has 1 aromatic heterocycles. The molecule has 0 bridgehead atoms. The Labute approximate surface area is 298 Å². The van der Waals surface area contributed by atoms with Crippen LogP contribution in [0.2, 0.25) is 0 Å². The van der Waals surface area contributed by atoms with Gasteiger partial charge in [-0.2, -0.15) is 0 Å². The summed E-state index contributed by atoms with van der Waals surface area (Å²) in [5, 5.41) is 1.65. The number of methoxy groups -OCH3 is 2. The summed E-state index contributed by atoms with van der Waals surface area (Å²) in [7, 11) is -0.713. The van der Waals surface area contributed by atoms with E-state index in [1.54, 1.807) is 32.4 Å². The smallest absolute Gasteiger partial charge is 0.497 e. The first-order valence-corrected chi connectivity index (χ1v) is 18.6. The van der Waals surface area contributed by atoms with Gasteiger partial charge in [0, 0.05) is 22.8 Å². The number of benzene rings is 5. The number of fused-ring (bicyclic) bond motifs is 4. The number of carbonyl (C=O) groups excluding carboxylic acids is 1. The van der Waals surface area contributed by atoms with E-state index in [-0.39, 0.29) is 0 Å². The van der Waals surface area contributed by atoms with Crippen LogP contribution in [0.5, 0.6) is 28.7 Å². The van der Waals surface area contributed by atoms with E-state index < -0.39 is 22.8 Å². The topological polar surface area (TPSA) is 98.7 Å². The maximum atomic E-state index is 12.8. The van der Waals surface area contributed by atoms with Crippen molar-refractivity contribution in [3.05, 3.63) is 123 Å². The normalized spacial score (nSPS) is 13.7. The van der Waals surface area contributed by atoms with Crippen molar-refractivity contribution in [1.82, 2.24) is 0 Å². The molecule has 2 heterocycles. The monoisotopic (exact) mass is 724 g/mol. The van der Waals surface area contributed by atoms with Gasteiger partial charge in [-0.05, 0) is 106 Å². The molecule has 0 saturated carbocycles. The second kappa shape index (κ2) is 13.9. The lowest BCUT2D eigenvalue weighted by Gasteiger charge is -2.24. The predicted octanol–water partition coefficient (Wildman–Crippen LogP) is 11.4. The number of hydrogen-bond acceptors (Lipinski definition) is 9. The summed E-state index contributed by atoms with van der Waals surface area (Å²) in [4.78, 5) is 12.8. The van der Waals surface area contributed by atoms with Crippen molar-refractivity contribution in [3.63, 3.8) is 0 Å². The molecule has 5 aromatic carbocycles. The van der Waals surface area contributed by atoms with Gasteiger partial charge in [-0.25, -0.2) is 4.79 Å². The van der Waals surface area contributed by atoms with E-state index in [0.29, 0.717) is 51.9 Å². The minimum atomic E-state index is -2.03. The quantitative estimate of drug-likeness (QED) is 0.142. The standard InChI is InChI=1S/C40H38O9P2/c1-22-13-24(3)36(45-50-44-35-12-10-9-11-32(35)40(41)49-50)28(15-22)19-29-16-23(2)14-25(4)37(29)46-51-47-38-26(5)17-30(42-7)20-33(38)34-21-31(43-8)18-27(6)39(34)48-51/h9-18,20-21H,19H2,1-8H3. The zero-order valence-corrected chi connectivity index (χ0v) is 31.5. The lowest BCUT2D eigenvalue weighted by Crippen LogP contribution is -2.15. The van der Waals surface area contributed by atoms with Crippen molar-refractivity contribution < 1.29 is 40.8 Å². The van der Waals surface area contributed by atoms with E-state index >= 15 is 0 Å². The van der Waals surface area contributed by atoms with E-state index in [1.807, 2.05) is 71.0 Å². The fourth-order valence-electron chi connectivity index (χ4n) is 6.50. The lowest BCUT2D eigenvalue weighted by molar-refractivity contribution is 0.0697. The summed E-state index contributed by atoms with van der Waals surface area (Å²) in [6.07, 6.45) is 0.451. The van der Waals surface area contributed by atoms with Gasteiger partial charge >= 0.3 is 22.8 Å². The van der Waals surface area contributed by atoms with Crippen LogP contribution >= 0.6 is 16.8 Å². The van der Waals surface area contributed by atoms with Gasteiger partial charge in [-0.3, -0.25) is 0 Å². The van der Waals surface area contributed by atoms with Crippen molar-refractivity contribution in [3.8, 4) is 28.7 Å². The molecule has 51 heavy (non-hydrogen) atoms. The molecule has 1 unspecified atom stereocenters. The Morgan fingerprint density at radius 3 is 1.69 bits per heavy atom. The van der Waals surface area contributed by atoms with Crippen LogP contribution in [0.15, 0.2) is 81.2 Å². The fraction of sp³-hybridized carbons (Fsp3) is 0.225. The Hall–Kier alpha value is -5.10. The third-order valence-electron chi connectivity index (χ3n) is 8.73. The molecule has 0 fully saturated rings. The zero-order chi connectivity index (χ0) is 36.0. The summed E-state index contributed by atoms with van der Waals surface area (Å²) < 4.78 is 49.3. The second-order valence-electron chi connectivity index (χ2n) is 12.7. The number of rotatable bonds is 8. The van der Waals surface area contributed by atoms with Gasteiger partial charge in [-0.15, -0.1) is 0 Å². The maximum Gasteiger partial charge on any atom is 0.532 e. The lowest BCUT2D eigenvalue weighted by atomic mass is 9.96. The van der Waals surface area contributed by atoms with Crippen molar-refractivity contribution in [2.45, 2.75) is 48.0 Å². The van der Waals surface area contributed by atoms with Crippen LogP contribution in [0.1, 0.15) is 54.9 Å². The average molecular weight is 725 g/mol. The van der Waals surface area contributed by atoms with Gasteiger partial charge in [0.15, 0.2) is 0 Å². The van der Waals surface area contributed by atoms with Crippen LogP contribution in [0.4, 0.5) is 0 Å². The van der Waals surface area contributed by atoms with Crippen LogP contribution in [0, 0.1) is 41.5 Å². The number of hydrogen-bond donors (Lipinski definition) is 0. The van der Waals surface area contributed by atoms with Gasteiger partial charge in [-0.1, -0.05) is 47.5 Å². The number of ether oxygens (including phenoxy) is 2. The third-order valence-corrected chi connectivity index (χ3v) is 10.7. The highest BCUT2D eigenvalue weighted by atomic mass is 31.2. The van der Waals surface area contributed by atoms with Gasteiger partial charge in [0.25, 0.3) is 0 Å². The van der Waals surface area contributed by atoms with Crippen molar-refractivity contribution >= 4 is 44.8 Å². The SMILES string of the molecule is COc1cc(C)c2op(Oc3c(C)cc(C)cc3Cc3cc(C)cc(C)c3OP3OC(=O)c4ccccc4O3)oc3c(C)cc(OC)cc3c2c1. The summed E-state index contributed by atoms with van der Waals surface area (Å²) in [6, 6.07) is 23.0. The third kappa shape index (κ3) is 6.84. The first-order valence-electron chi connectivity index (χ1n) is 16.4. The largest absolute Gasteiger partial charge is 0.532 e. The minimum absolute atomic E-state index is 0.372. The molecule has 9 nitrogen and oxygen atoms in total. The molecule has 1 atom stereocenters. The number of para-hydroxylation sites is 1. The van der Waals surface area contributed by atoms with Crippen LogP contribution in [0.3, 0.4) is 0 Å². The summed E-state index contributed by atoms with van der Waals surface area (Å²) in [5.41, 5.74) is 9.19. The maximum absolute atomic E-state index is 12.8. The molecule has 11 heteroatoms. The van der Waals surface area contributed by atoms with E-state index in [0.717, 1.165) is 55.3 Å². The van der Waals surface area contributed by atoms with E-state index in [2.05, 4.69) is 25.1 Å². The molecule has 0 N–H and O–H groups in total. The van der Waals surface area contributed by atoms with Gasteiger partial charge in [0.1, 0.15) is 45.5 Å². The molecule has 0 spiro atoms. The molecule has 1 aliphatic heterocycles. The molecule has 0 amide bonds.